The first-order valence-corrected chi connectivity index (χ1v) is 8.55. The summed E-state index contributed by atoms with van der Waals surface area (Å²) < 4.78 is 11.3. The van der Waals surface area contributed by atoms with Crippen LogP contribution in [-0.4, -0.2) is 31.6 Å². The standard InChI is InChI=1S/C19H23N3O2S/c1-3-20-19(25)22-21-14-16-9-10-17(18(13-16)23-2)24-12-11-15-7-5-4-6-8-15/h4-10,13-14H,3,11-12H2,1-2H3,(H2,20,22,25)/b21-14-. The van der Waals surface area contributed by atoms with Crippen molar-refractivity contribution in [3.05, 3.63) is 59.7 Å². The summed E-state index contributed by atoms with van der Waals surface area (Å²) in [6.07, 6.45) is 2.53. The third-order valence-electron chi connectivity index (χ3n) is 3.40. The van der Waals surface area contributed by atoms with Crippen molar-refractivity contribution in [1.29, 1.82) is 0 Å². The van der Waals surface area contributed by atoms with Crippen molar-refractivity contribution in [1.82, 2.24) is 10.7 Å². The van der Waals surface area contributed by atoms with E-state index in [-0.39, 0.29) is 0 Å². The lowest BCUT2D eigenvalue weighted by Gasteiger charge is -2.11. The molecule has 0 spiro atoms. The van der Waals surface area contributed by atoms with Crippen LogP contribution in [0.25, 0.3) is 0 Å². The molecular weight excluding hydrogens is 334 g/mol. The minimum atomic E-state index is 0.492. The number of nitrogens with one attached hydrogen (secondary N) is 2. The van der Waals surface area contributed by atoms with Crippen LogP contribution in [0.5, 0.6) is 11.5 Å². The molecule has 0 heterocycles. The van der Waals surface area contributed by atoms with Crippen LogP contribution in [0.1, 0.15) is 18.1 Å². The lowest BCUT2D eigenvalue weighted by atomic mass is 10.2. The van der Waals surface area contributed by atoms with Crippen LogP contribution in [0.4, 0.5) is 0 Å². The molecular formula is C19H23N3O2S. The molecule has 132 valence electrons. The summed E-state index contributed by atoms with van der Waals surface area (Å²) in [4.78, 5) is 0. The molecule has 0 unspecified atom stereocenters. The molecule has 0 aliphatic carbocycles. The number of ether oxygens (including phenoxy) is 2. The van der Waals surface area contributed by atoms with Gasteiger partial charge in [0.1, 0.15) is 0 Å². The Morgan fingerprint density at radius 1 is 1.16 bits per heavy atom. The number of methoxy groups -OCH3 is 1. The van der Waals surface area contributed by atoms with Gasteiger partial charge < -0.3 is 14.8 Å². The Morgan fingerprint density at radius 2 is 1.96 bits per heavy atom. The van der Waals surface area contributed by atoms with E-state index in [0.717, 1.165) is 18.5 Å². The molecule has 0 aromatic heterocycles. The Hall–Kier alpha value is -2.60. The molecule has 0 fully saturated rings. The van der Waals surface area contributed by atoms with E-state index in [2.05, 4.69) is 28.0 Å². The number of benzene rings is 2. The van der Waals surface area contributed by atoms with E-state index in [1.54, 1.807) is 13.3 Å². The zero-order valence-electron chi connectivity index (χ0n) is 14.5. The van der Waals surface area contributed by atoms with Crippen LogP contribution >= 0.6 is 12.2 Å². The minimum absolute atomic E-state index is 0.492. The molecule has 5 nitrogen and oxygen atoms in total. The Bertz CT molecular complexity index is 705. The highest BCUT2D eigenvalue weighted by Crippen LogP contribution is 2.27. The molecule has 0 amide bonds. The first kappa shape index (κ1) is 18.7. The lowest BCUT2D eigenvalue weighted by Crippen LogP contribution is -2.31. The first-order chi connectivity index (χ1) is 12.2. The van der Waals surface area contributed by atoms with E-state index in [1.165, 1.54) is 5.56 Å². The fourth-order valence-corrected chi connectivity index (χ4v) is 2.37. The summed E-state index contributed by atoms with van der Waals surface area (Å²) in [6, 6.07) is 15.9. The number of thiocarbonyl (C=S) groups is 1. The molecule has 0 aliphatic heterocycles. The summed E-state index contributed by atoms with van der Waals surface area (Å²) in [5, 5.41) is 7.55. The predicted molar refractivity (Wildman–Crippen MR) is 106 cm³/mol. The quantitative estimate of drug-likeness (QED) is 0.432. The number of nitrogens with zero attached hydrogens (tertiary/aromatic N) is 1. The van der Waals surface area contributed by atoms with Gasteiger partial charge in [-0.1, -0.05) is 30.3 Å². The van der Waals surface area contributed by atoms with Crippen molar-refractivity contribution in [2.75, 3.05) is 20.3 Å². The van der Waals surface area contributed by atoms with Gasteiger partial charge in [-0.25, -0.2) is 0 Å². The highest BCUT2D eigenvalue weighted by molar-refractivity contribution is 7.80. The normalized spacial score (nSPS) is 10.5. The highest BCUT2D eigenvalue weighted by atomic mass is 32.1. The molecule has 0 atom stereocenters. The number of hydrogen-bond acceptors (Lipinski definition) is 4. The van der Waals surface area contributed by atoms with E-state index in [0.29, 0.717) is 23.2 Å². The van der Waals surface area contributed by atoms with E-state index >= 15 is 0 Å². The van der Waals surface area contributed by atoms with Crippen LogP contribution in [0.3, 0.4) is 0 Å². The first-order valence-electron chi connectivity index (χ1n) is 8.14. The second-order valence-electron chi connectivity index (χ2n) is 5.22. The fraction of sp³-hybridized carbons (Fsp3) is 0.263. The molecule has 0 saturated heterocycles. The summed E-state index contributed by atoms with van der Waals surface area (Å²) in [7, 11) is 1.62. The van der Waals surface area contributed by atoms with Crippen molar-refractivity contribution >= 4 is 23.5 Å². The van der Waals surface area contributed by atoms with Crippen molar-refractivity contribution in [2.24, 2.45) is 5.10 Å². The average molecular weight is 357 g/mol. The summed E-state index contributed by atoms with van der Waals surface area (Å²) >= 11 is 5.05. The summed E-state index contributed by atoms with van der Waals surface area (Å²) in [5.74, 6) is 1.39. The van der Waals surface area contributed by atoms with Gasteiger partial charge in [-0.15, -0.1) is 0 Å². The van der Waals surface area contributed by atoms with Gasteiger partial charge in [-0.3, -0.25) is 5.43 Å². The van der Waals surface area contributed by atoms with Gasteiger partial charge in [0.2, 0.25) is 0 Å². The summed E-state index contributed by atoms with van der Waals surface area (Å²) in [5.41, 5.74) is 4.89. The second-order valence-corrected chi connectivity index (χ2v) is 5.63. The third kappa shape index (κ3) is 6.43. The van der Waals surface area contributed by atoms with Gasteiger partial charge in [0.15, 0.2) is 16.6 Å². The number of hydrazone groups is 1. The van der Waals surface area contributed by atoms with Crippen LogP contribution in [0.2, 0.25) is 0 Å². The van der Waals surface area contributed by atoms with E-state index in [9.17, 15) is 0 Å². The molecule has 25 heavy (non-hydrogen) atoms. The topological polar surface area (TPSA) is 54.9 Å². The molecule has 0 aliphatic rings. The Morgan fingerprint density at radius 3 is 2.68 bits per heavy atom. The Labute approximate surface area is 154 Å². The average Bonchev–Trinajstić information content (AvgIpc) is 2.63. The zero-order chi connectivity index (χ0) is 17.9. The maximum Gasteiger partial charge on any atom is 0.186 e. The largest absolute Gasteiger partial charge is 0.493 e. The second kappa shape index (κ2) is 10.3. The third-order valence-corrected chi connectivity index (χ3v) is 3.63. The van der Waals surface area contributed by atoms with Gasteiger partial charge in [-0.05, 0) is 48.5 Å². The molecule has 2 N–H and O–H groups in total. The molecule has 6 heteroatoms. The molecule has 2 aromatic carbocycles. The van der Waals surface area contributed by atoms with Gasteiger partial charge >= 0.3 is 0 Å². The maximum absolute atomic E-state index is 5.85. The Kier molecular flexibility index (Phi) is 7.72. The molecule has 0 bridgehead atoms. The van der Waals surface area contributed by atoms with Crippen LogP contribution in [-0.2, 0) is 6.42 Å². The SMILES string of the molecule is CCNC(=S)N/N=C\c1ccc(OCCc2ccccc2)c(OC)c1. The molecule has 0 radical (unpaired) electrons. The van der Waals surface area contributed by atoms with Gasteiger partial charge in [-0.2, -0.15) is 5.10 Å². The highest BCUT2D eigenvalue weighted by Gasteiger charge is 2.05. The van der Waals surface area contributed by atoms with Gasteiger partial charge in [0.25, 0.3) is 0 Å². The van der Waals surface area contributed by atoms with Gasteiger partial charge in [0, 0.05) is 13.0 Å². The van der Waals surface area contributed by atoms with Crippen molar-refractivity contribution in [3.8, 4) is 11.5 Å². The number of rotatable bonds is 8. The van der Waals surface area contributed by atoms with Crippen molar-refractivity contribution in [2.45, 2.75) is 13.3 Å². The zero-order valence-corrected chi connectivity index (χ0v) is 15.3. The van der Waals surface area contributed by atoms with E-state index < -0.39 is 0 Å². The molecule has 0 saturated carbocycles. The smallest absolute Gasteiger partial charge is 0.186 e. The number of hydrogen-bond donors (Lipinski definition) is 2. The van der Waals surface area contributed by atoms with E-state index in [1.807, 2.05) is 43.3 Å². The van der Waals surface area contributed by atoms with Crippen molar-refractivity contribution < 1.29 is 9.47 Å². The lowest BCUT2D eigenvalue weighted by molar-refractivity contribution is 0.297. The van der Waals surface area contributed by atoms with Crippen LogP contribution in [0, 0.1) is 0 Å². The molecule has 2 aromatic rings. The van der Waals surface area contributed by atoms with Gasteiger partial charge in [0.05, 0.1) is 19.9 Å². The fourth-order valence-electron chi connectivity index (χ4n) is 2.17. The van der Waals surface area contributed by atoms with Crippen molar-refractivity contribution in [3.63, 3.8) is 0 Å². The van der Waals surface area contributed by atoms with E-state index in [4.69, 9.17) is 21.7 Å². The molecule has 2 rings (SSSR count). The Balaban J connectivity index is 1.92. The summed E-state index contributed by atoms with van der Waals surface area (Å²) in [6.45, 7) is 3.32. The maximum atomic E-state index is 5.85. The predicted octanol–water partition coefficient (Wildman–Crippen LogP) is 3.13. The minimum Gasteiger partial charge on any atom is -0.493 e. The van der Waals surface area contributed by atoms with Crippen LogP contribution < -0.4 is 20.2 Å². The monoisotopic (exact) mass is 357 g/mol. The van der Waals surface area contributed by atoms with Crippen LogP contribution in [0.15, 0.2) is 53.6 Å².